The average molecular weight is 394 g/mol. The van der Waals surface area contributed by atoms with Crippen LogP contribution in [0.3, 0.4) is 0 Å². The summed E-state index contributed by atoms with van der Waals surface area (Å²) in [4.78, 5) is 13.2. The molecule has 8 heteroatoms. The number of nitrogens with one attached hydrogen (secondary N) is 1. The lowest BCUT2D eigenvalue weighted by atomic mass is 10.1. The second-order valence-electron chi connectivity index (χ2n) is 6.57. The van der Waals surface area contributed by atoms with Crippen LogP contribution in [0.15, 0.2) is 53.4 Å². The largest absolute Gasteiger partial charge is 0.342 e. The SMILES string of the molecule is O=C1C[C@@H](CNS(=O)(=O)c2ccc(F)cc2F)CN1CCc1ccccc1. The standard InChI is InChI=1S/C19H20F2N2O3S/c20-16-6-7-18(17(21)11-16)27(25,26)22-12-15-10-19(24)23(13-15)9-8-14-4-2-1-3-5-14/h1-7,11,15,22H,8-10,12-13H2/t15-/m0/s1. The number of rotatable bonds is 7. The maximum Gasteiger partial charge on any atom is 0.243 e. The fraction of sp³-hybridized carbons (Fsp3) is 0.316. The van der Waals surface area contributed by atoms with Crippen molar-refractivity contribution in [3.63, 3.8) is 0 Å². The van der Waals surface area contributed by atoms with E-state index in [1.165, 1.54) is 0 Å². The minimum absolute atomic E-state index is 0.0206. The first kappa shape index (κ1) is 19.4. The van der Waals surface area contributed by atoms with Gasteiger partial charge >= 0.3 is 0 Å². The quantitative estimate of drug-likeness (QED) is 0.784. The number of hydrogen-bond donors (Lipinski definition) is 1. The molecule has 0 spiro atoms. The van der Waals surface area contributed by atoms with Crippen molar-refractivity contribution in [2.45, 2.75) is 17.7 Å². The van der Waals surface area contributed by atoms with E-state index in [-0.39, 0.29) is 24.8 Å². The highest BCUT2D eigenvalue weighted by Crippen LogP contribution is 2.20. The van der Waals surface area contributed by atoms with E-state index in [2.05, 4.69) is 4.72 Å². The minimum atomic E-state index is -4.11. The van der Waals surface area contributed by atoms with Crippen molar-refractivity contribution in [2.75, 3.05) is 19.6 Å². The lowest BCUT2D eigenvalue weighted by molar-refractivity contribution is -0.127. The fourth-order valence-corrected chi connectivity index (χ4v) is 4.29. The summed E-state index contributed by atoms with van der Waals surface area (Å²) in [5.41, 5.74) is 1.13. The molecule has 0 aliphatic carbocycles. The van der Waals surface area contributed by atoms with Gasteiger partial charge < -0.3 is 4.90 Å². The van der Waals surface area contributed by atoms with Crippen molar-refractivity contribution in [1.82, 2.24) is 9.62 Å². The van der Waals surface area contributed by atoms with Gasteiger partial charge in [-0.25, -0.2) is 21.9 Å². The topological polar surface area (TPSA) is 66.5 Å². The summed E-state index contributed by atoms with van der Waals surface area (Å²) in [6.45, 7) is 1.03. The highest BCUT2D eigenvalue weighted by molar-refractivity contribution is 7.89. The monoisotopic (exact) mass is 394 g/mol. The predicted molar refractivity (Wildman–Crippen MR) is 96.4 cm³/mol. The maximum absolute atomic E-state index is 13.7. The summed E-state index contributed by atoms with van der Waals surface area (Å²) < 4.78 is 53.4. The van der Waals surface area contributed by atoms with Gasteiger partial charge in [-0.2, -0.15) is 0 Å². The summed E-state index contributed by atoms with van der Waals surface area (Å²) in [5.74, 6) is -2.20. The molecule has 1 aliphatic heterocycles. The van der Waals surface area contributed by atoms with Gasteiger partial charge in [0.15, 0.2) is 0 Å². The Morgan fingerprint density at radius 3 is 2.56 bits per heavy atom. The molecule has 3 rings (SSSR count). The third kappa shape index (κ3) is 4.90. The summed E-state index contributed by atoms with van der Waals surface area (Å²) in [6.07, 6.45) is 0.967. The van der Waals surface area contributed by atoms with E-state index in [0.29, 0.717) is 19.2 Å². The number of halogens is 2. The van der Waals surface area contributed by atoms with E-state index >= 15 is 0 Å². The second-order valence-corrected chi connectivity index (χ2v) is 8.31. The van der Waals surface area contributed by atoms with Crippen molar-refractivity contribution in [2.24, 2.45) is 5.92 Å². The highest BCUT2D eigenvalue weighted by atomic mass is 32.2. The molecular weight excluding hydrogens is 374 g/mol. The molecule has 1 N–H and O–H groups in total. The van der Waals surface area contributed by atoms with Crippen LogP contribution in [-0.4, -0.2) is 38.9 Å². The zero-order chi connectivity index (χ0) is 19.4. The first-order valence-corrected chi connectivity index (χ1v) is 10.1. The van der Waals surface area contributed by atoms with Gasteiger partial charge in [0.2, 0.25) is 15.9 Å². The van der Waals surface area contributed by atoms with E-state index in [1.807, 2.05) is 30.3 Å². The molecule has 144 valence electrons. The van der Waals surface area contributed by atoms with Crippen LogP contribution in [0, 0.1) is 17.6 Å². The number of hydrogen-bond acceptors (Lipinski definition) is 3. The molecule has 0 radical (unpaired) electrons. The van der Waals surface area contributed by atoms with Crippen molar-refractivity contribution >= 4 is 15.9 Å². The summed E-state index contributed by atoms with van der Waals surface area (Å²) in [5, 5.41) is 0. The molecule has 2 aromatic carbocycles. The molecule has 1 atom stereocenters. The zero-order valence-electron chi connectivity index (χ0n) is 14.6. The van der Waals surface area contributed by atoms with Gasteiger partial charge in [-0.15, -0.1) is 0 Å². The molecule has 1 saturated heterocycles. The lowest BCUT2D eigenvalue weighted by Crippen LogP contribution is -2.32. The van der Waals surface area contributed by atoms with Crippen molar-refractivity contribution in [1.29, 1.82) is 0 Å². The van der Waals surface area contributed by atoms with Crippen LogP contribution in [0.2, 0.25) is 0 Å². The van der Waals surface area contributed by atoms with Gasteiger partial charge in [-0.3, -0.25) is 4.79 Å². The molecule has 0 saturated carbocycles. The Labute approximate surface area is 157 Å². The smallest absolute Gasteiger partial charge is 0.243 e. The van der Waals surface area contributed by atoms with Crippen molar-refractivity contribution in [3.05, 3.63) is 65.7 Å². The molecule has 0 bridgehead atoms. The second kappa shape index (κ2) is 8.14. The van der Waals surface area contributed by atoms with Crippen LogP contribution >= 0.6 is 0 Å². The van der Waals surface area contributed by atoms with Gasteiger partial charge in [0.1, 0.15) is 16.5 Å². The Morgan fingerprint density at radius 1 is 1.11 bits per heavy atom. The summed E-state index contributed by atoms with van der Waals surface area (Å²) in [7, 11) is -4.11. The molecule has 0 unspecified atom stereocenters. The molecule has 2 aromatic rings. The van der Waals surface area contributed by atoms with E-state index < -0.39 is 26.6 Å². The van der Waals surface area contributed by atoms with Crippen LogP contribution in [-0.2, 0) is 21.2 Å². The highest BCUT2D eigenvalue weighted by Gasteiger charge is 2.30. The number of sulfonamides is 1. The lowest BCUT2D eigenvalue weighted by Gasteiger charge is -2.17. The molecule has 27 heavy (non-hydrogen) atoms. The molecule has 0 aromatic heterocycles. The van der Waals surface area contributed by atoms with Crippen molar-refractivity contribution < 1.29 is 22.0 Å². The molecule has 1 amide bonds. The molecule has 1 heterocycles. The zero-order valence-corrected chi connectivity index (χ0v) is 15.4. The van der Waals surface area contributed by atoms with Crippen LogP contribution in [0.25, 0.3) is 0 Å². The molecule has 1 aliphatic rings. The average Bonchev–Trinajstić information content (AvgIpc) is 2.99. The fourth-order valence-electron chi connectivity index (χ4n) is 3.11. The predicted octanol–water partition coefficient (Wildman–Crippen LogP) is 2.33. The van der Waals surface area contributed by atoms with E-state index in [4.69, 9.17) is 0 Å². The number of amides is 1. The van der Waals surface area contributed by atoms with E-state index in [0.717, 1.165) is 24.1 Å². The van der Waals surface area contributed by atoms with Crippen LogP contribution < -0.4 is 4.72 Å². The van der Waals surface area contributed by atoms with Crippen LogP contribution in [0.1, 0.15) is 12.0 Å². The molecule has 5 nitrogen and oxygen atoms in total. The van der Waals surface area contributed by atoms with Gasteiger partial charge in [-0.05, 0) is 30.0 Å². The van der Waals surface area contributed by atoms with Gasteiger partial charge in [0.05, 0.1) is 0 Å². The Hall–Kier alpha value is -2.32. The third-order valence-electron chi connectivity index (χ3n) is 4.55. The van der Waals surface area contributed by atoms with Crippen LogP contribution in [0.4, 0.5) is 8.78 Å². The number of carbonyl (C=O) groups excluding carboxylic acids is 1. The van der Waals surface area contributed by atoms with Crippen LogP contribution in [0.5, 0.6) is 0 Å². The maximum atomic E-state index is 13.7. The Kier molecular flexibility index (Phi) is 5.86. The minimum Gasteiger partial charge on any atom is -0.342 e. The van der Waals surface area contributed by atoms with Gasteiger partial charge in [0.25, 0.3) is 0 Å². The summed E-state index contributed by atoms with van der Waals surface area (Å²) in [6, 6.07) is 12.1. The molecular formula is C19H20F2N2O3S. The number of nitrogens with zero attached hydrogens (tertiary/aromatic N) is 1. The number of benzene rings is 2. The van der Waals surface area contributed by atoms with E-state index in [9.17, 15) is 22.0 Å². The van der Waals surface area contributed by atoms with Gasteiger partial charge in [0, 0.05) is 32.1 Å². The normalized spacial score (nSPS) is 17.5. The Bertz CT molecular complexity index is 920. The summed E-state index contributed by atoms with van der Waals surface area (Å²) >= 11 is 0. The number of likely N-dealkylation sites (tertiary alicyclic amines) is 1. The Balaban J connectivity index is 1.55. The van der Waals surface area contributed by atoms with Crippen molar-refractivity contribution in [3.8, 4) is 0 Å². The Morgan fingerprint density at radius 2 is 1.85 bits per heavy atom. The third-order valence-corrected chi connectivity index (χ3v) is 6.01. The molecule has 1 fully saturated rings. The van der Waals surface area contributed by atoms with Gasteiger partial charge in [-0.1, -0.05) is 30.3 Å². The van der Waals surface area contributed by atoms with E-state index in [1.54, 1.807) is 4.90 Å². The first-order chi connectivity index (χ1) is 12.8. The number of carbonyl (C=O) groups is 1. The first-order valence-electron chi connectivity index (χ1n) is 8.61.